The number of thioether (sulfide) groups is 1. The maximum atomic E-state index is 13.3. The van der Waals surface area contributed by atoms with Gasteiger partial charge in [-0.1, -0.05) is 23.1 Å². The van der Waals surface area contributed by atoms with Crippen LogP contribution in [0, 0.1) is 0 Å². The van der Waals surface area contributed by atoms with Crippen LogP contribution in [0.3, 0.4) is 0 Å². The molecule has 0 spiro atoms. The average molecular weight is 475 g/mol. The molecule has 0 fully saturated rings. The number of aromatic nitrogens is 1. The average Bonchev–Trinajstić information content (AvgIpc) is 3.31. The van der Waals surface area contributed by atoms with Crippen LogP contribution in [0.5, 0.6) is 11.5 Å². The van der Waals surface area contributed by atoms with Crippen LogP contribution in [-0.4, -0.2) is 34.1 Å². The number of fused-ring (bicyclic) bond motifs is 2. The Labute approximate surface area is 194 Å². The Morgan fingerprint density at radius 2 is 1.81 bits per heavy atom. The van der Waals surface area contributed by atoms with E-state index in [1.807, 2.05) is 52.8 Å². The maximum Gasteiger partial charge on any atom is 0.263 e. The third-order valence-corrected chi connectivity index (χ3v) is 7.42. The number of thiazole rings is 1. The summed E-state index contributed by atoms with van der Waals surface area (Å²) in [5.74, 6) is 1.49. The lowest BCUT2D eigenvalue weighted by Gasteiger charge is -2.19. The molecule has 1 aliphatic rings. The molecular formula is C24H25F2N2O2S2+. The van der Waals surface area contributed by atoms with Gasteiger partial charge in [-0.05, 0) is 42.8 Å². The standard InChI is InChI=1S/C24H25F2N2O2S2/c1-16(12-23-27(10-8-25)19-14-17(29-2)4-6-21(19)31-23)13-24-28(11-9-26)20-15-18(30-3)5-7-22(20)32-24/h4-7,12-15H,8-11H2,1-3H3/q+1/i25-1. The predicted molar refractivity (Wildman–Crippen MR) is 128 cm³/mol. The van der Waals surface area contributed by atoms with Gasteiger partial charge in [0.15, 0.2) is 6.54 Å². The van der Waals surface area contributed by atoms with E-state index in [4.69, 9.17) is 9.47 Å². The number of alkyl halides is 2. The van der Waals surface area contributed by atoms with Gasteiger partial charge < -0.3 is 14.4 Å². The summed E-state index contributed by atoms with van der Waals surface area (Å²) in [7, 11) is 3.25. The molecule has 0 radical (unpaired) electrons. The van der Waals surface area contributed by atoms with E-state index in [1.54, 1.807) is 37.3 Å². The molecule has 4 rings (SSSR count). The van der Waals surface area contributed by atoms with Gasteiger partial charge in [0.2, 0.25) is 5.52 Å². The lowest BCUT2D eigenvalue weighted by atomic mass is 10.2. The fraction of sp³-hybridized carbons (Fsp3) is 0.292. The molecule has 0 atom stereocenters. The van der Waals surface area contributed by atoms with Crippen LogP contribution in [0.2, 0.25) is 0 Å². The SMILES string of the molecule is COc1ccc2c(c1)N(CC[18F])/C(=C/C(C)=C/c1sc3ccc(OC)cc3[n+]1CCF)S2. The molecule has 3 aromatic rings. The molecule has 0 saturated heterocycles. The highest BCUT2D eigenvalue weighted by atomic mass is 32.2. The number of anilines is 1. The monoisotopic (exact) mass is 474 g/mol. The van der Waals surface area contributed by atoms with Crippen LogP contribution in [-0.2, 0) is 6.54 Å². The summed E-state index contributed by atoms with van der Waals surface area (Å²) in [5, 5.41) is 1.92. The van der Waals surface area contributed by atoms with Gasteiger partial charge in [0.25, 0.3) is 5.01 Å². The lowest BCUT2D eigenvalue weighted by Crippen LogP contribution is -2.36. The fourth-order valence-corrected chi connectivity index (χ4v) is 6.05. The molecule has 0 N–H and O–H groups in total. The Morgan fingerprint density at radius 3 is 2.53 bits per heavy atom. The van der Waals surface area contributed by atoms with Crippen LogP contribution in [0.15, 0.2) is 58.0 Å². The van der Waals surface area contributed by atoms with E-state index >= 15 is 0 Å². The summed E-state index contributed by atoms with van der Waals surface area (Å²) in [6, 6.07) is 11.7. The summed E-state index contributed by atoms with van der Waals surface area (Å²) >= 11 is 3.22. The number of rotatable bonds is 8. The molecule has 1 aliphatic heterocycles. The topological polar surface area (TPSA) is 25.6 Å². The molecule has 0 bridgehead atoms. The van der Waals surface area contributed by atoms with Crippen molar-refractivity contribution in [3.63, 3.8) is 0 Å². The number of benzene rings is 2. The van der Waals surface area contributed by atoms with Gasteiger partial charge in [-0.2, -0.15) is 4.57 Å². The quantitative estimate of drug-likeness (QED) is 0.374. The van der Waals surface area contributed by atoms with E-state index in [1.165, 1.54) is 0 Å². The minimum Gasteiger partial charge on any atom is -0.497 e. The Morgan fingerprint density at radius 1 is 1.06 bits per heavy atom. The highest BCUT2D eigenvalue weighted by Gasteiger charge is 2.26. The van der Waals surface area contributed by atoms with Crippen LogP contribution in [0.25, 0.3) is 16.3 Å². The molecule has 2 heterocycles. The normalized spacial score (nSPS) is 15.0. The van der Waals surface area contributed by atoms with Gasteiger partial charge in [0, 0.05) is 17.0 Å². The number of hydrogen-bond acceptors (Lipinski definition) is 5. The number of ether oxygens (including phenoxy) is 2. The van der Waals surface area contributed by atoms with Crippen molar-refractivity contribution in [3.8, 4) is 11.5 Å². The van der Waals surface area contributed by atoms with Gasteiger partial charge in [-0.3, -0.25) is 0 Å². The van der Waals surface area contributed by atoms with E-state index in [0.29, 0.717) is 0 Å². The van der Waals surface area contributed by atoms with Crippen molar-refractivity contribution < 1.29 is 22.8 Å². The zero-order valence-corrected chi connectivity index (χ0v) is 19.9. The Hall–Kier alpha value is -2.58. The molecule has 0 saturated carbocycles. The molecule has 2 aromatic carbocycles. The van der Waals surface area contributed by atoms with E-state index in [-0.39, 0.29) is 13.1 Å². The molecule has 32 heavy (non-hydrogen) atoms. The predicted octanol–water partition coefficient (Wildman–Crippen LogP) is 6.00. The molecule has 0 aliphatic carbocycles. The number of allylic oxidation sites excluding steroid dienone is 2. The Bertz CT molecular complexity index is 1190. The molecule has 4 nitrogen and oxygen atoms in total. The second-order valence-electron chi connectivity index (χ2n) is 7.26. The summed E-state index contributed by atoms with van der Waals surface area (Å²) in [6.07, 6.45) is 4.11. The maximum absolute atomic E-state index is 13.3. The molecule has 0 amide bonds. The molecule has 0 unspecified atom stereocenters. The van der Waals surface area contributed by atoms with E-state index < -0.39 is 13.3 Å². The van der Waals surface area contributed by atoms with Gasteiger partial charge in [-0.15, -0.1) is 0 Å². The lowest BCUT2D eigenvalue weighted by molar-refractivity contribution is -0.668. The molecule has 8 heteroatoms. The van der Waals surface area contributed by atoms with Gasteiger partial charge in [-0.25, -0.2) is 8.78 Å². The zero-order chi connectivity index (χ0) is 22.7. The van der Waals surface area contributed by atoms with E-state index in [0.717, 1.165) is 47.9 Å². The summed E-state index contributed by atoms with van der Waals surface area (Å²) < 4.78 is 40.4. The van der Waals surface area contributed by atoms with E-state index in [9.17, 15) is 8.78 Å². The van der Waals surface area contributed by atoms with Crippen LogP contribution in [0.4, 0.5) is 14.5 Å². The third-order valence-electron chi connectivity index (χ3n) is 5.19. The van der Waals surface area contributed by atoms with E-state index in [2.05, 4.69) is 12.2 Å². The van der Waals surface area contributed by atoms with Crippen molar-refractivity contribution in [1.82, 2.24) is 0 Å². The molecule has 1 aromatic heterocycles. The first-order valence-corrected chi connectivity index (χ1v) is 11.9. The smallest absolute Gasteiger partial charge is 0.263 e. The second kappa shape index (κ2) is 9.92. The first kappa shape index (κ1) is 22.6. The first-order valence-electron chi connectivity index (χ1n) is 10.2. The minimum atomic E-state index is -0.452. The third kappa shape index (κ3) is 4.47. The first-order chi connectivity index (χ1) is 15.6. The van der Waals surface area contributed by atoms with Gasteiger partial charge >= 0.3 is 0 Å². The van der Waals surface area contributed by atoms with Crippen LogP contribution >= 0.6 is 23.1 Å². The van der Waals surface area contributed by atoms with Crippen molar-refractivity contribution in [2.75, 3.05) is 39.0 Å². The van der Waals surface area contributed by atoms with Crippen molar-refractivity contribution in [2.45, 2.75) is 18.4 Å². The largest absolute Gasteiger partial charge is 0.497 e. The number of aryl methyl sites for hydroxylation is 1. The zero-order valence-electron chi connectivity index (χ0n) is 18.2. The minimum absolute atomic E-state index is 0.275. The fourth-order valence-electron chi connectivity index (χ4n) is 3.69. The van der Waals surface area contributed by atoms with Crippen molar-refractivity contribution in [2.24, 2.45) is 0 Å². The molecular weight excluding hydrogens is 449 g/mol. The highest BCUT2D eigenvalue weighted by Crippen LogP contribution is 2.47. The van der Waals surface area contributed by atoms with Gasteiger partial charge in [0.1, 0.15) is 29.5 Å². The number of halogens is 2. The highest BCUT2D eigenvalue weighted by molar-refractivity contribution is 8.03. The number of hydrogen-bond donors (Lipinski definition) is 0. The van der Waals surface area contributed by atoms with Crippen molar-refractivity contribution in [3.05, 3.63) is 58.1 Å². The van der Waals surface area contributed by atoms with Crippen LogP contribution < -0.4 is 18.9 Å². The van der Waals surface area contributed by atoms with Crippen LogP contribution in [0.1, 0.15) is 11.9 Å². The summed E-state index contributed by atoms with van der Waals surface area (Å²) in [4.78, 5) is 3.05. The number of nitrogens with zero attached hydrogens (tertiary/aromatic N) is 2. The Balaban J connectivity index is 1.71. The van der Waals surface area contributed by atoms with Gasteiger partial charge in [0.05, 0.1) is 37.5 Å². The molecule has 168 valence electrons. The Kier molecular flexibility index (Phi) is 7.01. The summed E-state index contributed by atoms with van der Waals surface area (Å²) in [5.41, 5.74) is 2.90. The second-order valence-corrected chi connectivity index (χ2v) is 9.39. The summed E-state index contributed by atoms with van der Waals surface area (Å²) in [6.45, 7) is 1.65. The van der Waals surface area contributed by atoms with Crippen molar-refractivity contribution >= 4 is 45.1 Å². The number of methoxy groups -OCH3 is 2. The van der Waals surface area contributed by atoms with Crippen molar-refractivity contribution in [1.29, 1.82) is 0 Å².